The summed E-state index contributed by atoms with van der Waals surface area (Å²) < 4.78 is 26.6. The van der Waals surface area contributed by atoms with E-state index in [1.54, 1.807) is 6.07 Å². The summed E-state index contributed by atoms with van der Waals surface area (Å²) in [6.45, 7) is 3.76. The van der Waals surface area contributed by atoms with Crippen molar-refractivity contribution in [2.45, 2.75) is 52.0 Å². The molecule has 126 valence electrons. The number of hydrogen-bond donors (Lipinski definition) is 2. The van der Waals surface area contributed by atoms with Crippen LogP contribution in [0.3, 0.4) is 0 Å². The standard InChI is InChI=1S/C17H25N3O2S/c1-3-10-23(21,22)20-17-9-5-8-16(13(17)2)19-15-7-4-6-14(11-15)12-18/h5,8-9,14-15,19-20H,3-4,6-7,10-11H2,1-2H3/t14-,15+/m0/s1. The Hall–Kier alpha value is -1.74. The molecule has 0 bridgehead atoms. The molecule has 2 N–H and O–H groups in total. The van der Waals surface area contributed by atoms with Crippen molar-refractivity contribution in [1.29, 1.82) is 5.26 Å². The molecular weight excluding hydrogens is 310 g/mol. The summed E-state index contributed by atoms with van der Waals surface area (Å²) in [5, 5.41) is 12.6. The van der Waals surface area contributed by atoms with Gasteiger partial charge in [0.15, 0.2) is 0 Å². The predicted molar refractivity (Wildman–Crippen MR) is 93.9 cm³/mol. The van der Waals surface area contributed by atoms with Gasteiger partial charge in [0.05, 0.1) is 17.5 Å². The van der Waals surface area contributed by atoms with E-state index >= 15 is 0 Å². The second-order valence-electron chi connectivity index (χ2n) is 6.23. The second kappa shape index (κ2) is 7.69. The zero-order valence-electron chi connectivity index (χ0n) is 13.8. The number of nitrogens with zero attached hydrogens (tertiary/aromatic N) is 1. The van der Waals surface area contributed by atoms with Gasteiger partial charge in [-0.05, 0) is 50.3 Å². The number of sulfonamides is 1. The van der Waals surface area contributed by atoms with Gasteiger partial charge in [-0.3, -0.25) is 4.72 Å². The Balaban J connectivity index is 2.12. The lowest BCUT2D eigenvalue weighted by Gasteiger charge is -2.28. The highest BCUT2D eigenvalue weighted by Gasteiger charge is 2.22. The normalized spacial score (nSPS) is 21.4. The van der Waals surface area contributed by atoms with Crippen molar-refractivity contribution in [2.75, 3.05) is 15.8 Å². The summed E-state index contributed by atoms with van der Waals surface area (Å²) in [4.78, 5) is 0. The van der Waals surface area contributed by atoms with Crippen LogP contribution in [0, 0.1) is 24.2 Å². The molecule has 0 amide bonds. The molecule has 1 aromatic rings. The first-order valence-corrected chi connectivity index (χ1v) is 9.86. The van der Waals surface area contributed by atoms with Gasteiger partial charge < -0.3 is 5.32 Å². The zero-order valence-corrected chi connectivity index (χ0v) is 14.6. The van der Waals surface area contributed by atoms with E-state index in [2.05, 4.69) is 16.1 Å². The van der Waals surface area contributed by atoms with Gasteiger partial charge in [0.1, 0.15) is 0 Å². The molecular formula is C17H25N3O2S. The van der Waals surface area contributed by atoms with Crippen LogP contribution in [0.25, 0.3) is 0 Å². The fourth-order valence-electron chi connectivity index (χ4n) is 3.05. The molecule has 0 aliphatic heterocycles. The molecule has 0 radical (unpaired) electrons. The Bertz CT molecular complexity index is 680. The first-order valence-electron chi connectivity index (χ1n) is 8.21. The van der Waals surface area contributed by atoms with E-state index in [0.29, 0.717) is 12.1 Å². The highest BCUT2D eigenvalue weighted by Crippen LogP contribution is 2.30. The van der Waals surface area contributed by atoms with E-state index in [4.69, 9.17) is 5.26 Å². The van der Waals surface area contributed by atoms with E-state index in [9.17, 15) is 8.42 Å². The minimum absolute atomic E-state index is 0.118. The van der Waals surface area contributed by atoms with Gasteiger partial charge in [0, 0.05) is 17.6 Å². The third-order valence-electron chi connectivity index (χ3n) is 4.29. The minimum Gasteiger partial charge on any atom is -0.382 e. The van der Waals surface area contributed by atoms with Gasteiger partial charge in [-0.25, -0.2) is 8.42 Å². The fourth-order valence-corrected chi connectivity index (χ4v) is 4.24. The molecule has 0 unspecified atom stereocenters. The van der Waals surface area contributed by atoms with Crippen LogP contribution in [0.5, 0.6) is 0 Å². The number of rotatable bonds is 6. The van der Waals surface area contributed by atoms with Gasteiger partial charge in [-0.2, -0.15) is 5.26 Å². The molecule has 1 aliphatic carbocycles. The topological polar surface area (TPSA) is 82.0 Å². The number of nitriles is 1. The predicted octanol–water partition coefficient (Wildman–Crippen LogP) is 3.64. The summed E-state index contributed by atoms with van der Waals surface area (Å²) >= 11 is 0. The molecule has 2 rings (SSSR count). The maximum Gasteiger partial charge on any atom is 0.232 e. The molecule has 0 spiro atoms. The van der Waals surface area contributed by atoms with Crippen LogP contribution in [0.15, 0.2) is 18.2 Å². The molecule has 1 saturated carbocycles. The van der Waals surface area contributed by atoms with Gasteiger partial charge in [0.2, 0.25) is 10.0 Å². The SMILES string of the molecule is CCCS(=O)(=O)Nc1cccc(N[C@@H]2CCC[C@H](C#N)C2)c1C. The van der Waals surface area contributed by atoms with Crippen molar-refractivity contribution in [1.82, 2.24) is 0 Å². The first kappa shape index (κ1) is 17.6. The highest BCUT2D eigenvalue weighted by molar-refractivity contribution is 7.92. The average Bonchev–Trinajstić information content (AvgIpc) is 2.51. The van der Waals surface area contributed by atoms with Gasteiger partial charge in [-0.1, -0.05) is 19.4 Å². The van der Waals surface area contributed by atoms with Gasteiger partial charge >= 0.3 is 0 Å². The average molecular weight is 335 g/mol. The molecule has 0 heterocycles. The minimum atomic E-state index is -3.29. The number of nitrogens with one attached hydrogen (secondary N) is 2. The van der Waals surface area contributed by atoms with E-state index in [0.717, 1.165) is 36.9 Å². The van der Waals surface area contributed by atoms with E-state index < -0.39 is 10.0 Å². The lowest BCUT2D eigenvalue weighted by atomic mass is 9.86. The van der Waals surface area contributed by atoms with Crippen LogP contribution in [-0.4, -0.2) is 20.2 Å². The third-order valence-corrected chi connectivity index (χ3v) is 5.77. The maximum atomic E-state index is 12.0. The van der Waals surface area contributed by atoms with Crippen molar-refractivity contribution in [2.24, 2.45) is 5.92 Å². The van der Waals surface area contributed by atoms with Crippen LogP contribution in [-0.2, 0) is 10.0 Å². The third kappa shape index (κ3) is 4.87. The summed E-state index contributed by atoms with van der Waals surface area (Å²) in [5.74, 6) is 0.240. The zero-order chi connectivity index (χ0) is 16.9. The van der Waals surface area contributed by atoms with Crippen molar-refractivity contribution >= 4 is 21.4 Å². The van der Waals surface area contributed by atoms with Gasteiger partial charge in [0.25, 0.3) is 0 Å². The Labute approximate surface area is 139 Å². The fraction of sp³-hybridized carbons (Fsp3) is 0.588. The molecule has 1 fully saturated rings. The van der Waals surface area contributed by atoms with Crippen LogP contribution < -0.4 is 10.0 Å². The molecule has 1 aromatic carbocycles. The molecule has 0 saturated heterocycles. The van der Waals surface area contributed by atoms with Crippen LogP contribution in [0.1, 0.15) is 44.6 Å². The molecule has 6 heteroatoms. The molecule has 5 nitrogen and oxygen atoms in total. The number of benzene rings is 1. The van der Waals surface area contributed by atoms with Crippen LogP contribution in [0.2, 0.25) is 0 Å². The summed E-state index contributed by atoms with van der Waals surface area (Å²) in [7, 11) is -3.29. The van der Waals surface area contributed by atoms with Gasteiger partial charge in [-0.15, -0.1) is 0 Å². The van der Waals surface area contributed by atoms with E-state index in [-0.39, 0.29) is 17.7 Å². The maximum absolute atomic E-state index is 12.0. The molecule has 23 heavy (non-hydrogen) atoms. The van der Waals surface area contributed by atoms with E-state index in [1.165, 1.54) is 0 Å². The van der Waals surface area contributed by atoms with Crippen LogP contribution >= 0.6 is 0 Å². The molecule has 2 atom stereocenters. The second-order valence-corrected chi connectivity index (χ2v) is 8.07. The van der Waals surface area contributed by atoms with Crippen LogP contribution in [0.4, 0.5) is 11.4 Å². The number of hydrogen-bond acceptors (Lipinski definition) is 4. The Morgan fingerprint density at radius 2 is 2.04 bits per heavy atom. The molecule has 0 aromatic heterocycles. The Morgan fingerprint density at radius 3 is 2.74 bits per heavy atom. The van der Waals surface area contributed by atoms with E-state index in [1.807, 2.05) is 26.0 Å². The smallest absolute Gasteiger partial charge is 0.232 e. The summed E-state index contributed by atoms with van der Waals surface area (Å²) in [6, 6.07) is 8.23. The van der Waals surface area contributed by atoms with Crippen molar-refractivity contribution in [3.63, 3.8) is 0 Å². The largest absolute Gasteiger partial charge is 0.382 e. The quantitative estimate of drug-likeness (QED) is 0.831. The molecule has 1 aliphatic rings. The highest BCUT2D eigenvalue weighted by atomic mass is 32.2. The van der Waals surface area contributed by atoms with Crippen molar-refractivity contribution in [3.05, 3.63) is 23.8 Å². The summed E-state index contributed by atoms with van der Waals surface area (Å²) in [6.07, 6.45) is 4.51. The lowest BCUT2D eigenvalue weighted by molar-refractivity contribution is 0.395. The Kier molecular flexibility index (Phi) is 5.89. The monoisotopic (exact) mass is 335 g/mol. The summed E-state index contributed by atoms with van der Waals surface area (Å²) in [5.41, 5.74) is 2.45. The Morgan fingerprint density at radius 1 is 1.30 bits per heavy atom. The van der Waals surface area contributed by atoms with Crippen molar-refractivity contribution < 1.29 is 8.42 Å². The first-order chi connectivity index (χ1) is 10.9. The van der Waals surface area contributed by atoms with Crippen molar-refractivity contribution in [3.8, 4) is 6.07 Å². The number of anilines is 2. The lowest BCUT2D eigenvalue weighted by Crippen LogP contribution is -2.27.